The molecular weight excluding hydrogens is 355 g/mol. The van der Waals surface area contributed by atoms with Gasteiger partial charge in [0, 0.05) is 20.2 Å². The molecule has 1 aromatic heterocycles. The molecule has 0 radical (unpaired) electrons. The van der Waals surface area contributed by atoms with Crippen LogP contribution in [0.4, 0.5) is 4.39 Å². The van der Waals surface area contributed by atoms with Crippen LogP contribution in [-0.2, 0) is 14.1 Å². The van der Waals surface area contributed by atoms with Gasteiger partial charge in [0.05, 0.1) is 17.4 Å². The first kappa shape index (κ1) is 17.8. The number of ether oxygens (including phenoxy) is 1. The lowest BCUT2D eigenvalue weighted by Gasteiger charge is -2.16. The Morgan fingerprint density at radius 1 is 1.17 bits per heavy atom. The summed E-state index contributed by atoms with van der Waals surface area (Å²) in [5, 5.41) is 0. The van der Waals surface area contributed by atoms with Gasteiger partial charge < -0.3 is 10.5 Å². The lowest BCUT2D eigenvalue weighted by molar-refractivity contribution is 0.241. The zero-order valence-electron chi connectivity index (χ0n) is 13.2. The van der Waals surface area contributed by atoms with E-state index in [1.54, 1.807) is 23.5 Å². The van der Waals surface area contributed by atoms with Crippen molar-refractivity contribution in [3.8, 4) is 11.4 Å². The van der Waals surface area contributed by atoms with E-state index in [-0.39, 0.29) is 16.8 Å². The minimum atomic E-state index is -0.530. The predicted octanol–water partition coefficient (Wildman–Crippen LogP) is 3.17. The first-order chi connectivity index (χ1) is 10.6. The number of thiocarbonyl (C=S) groups is 1. The topological polar surface area (TPSA) is 50.0 Å². The van der Waals surface area contributed by atoms with E-state index >= 15 is 0 Å². The fraction of sp³-hybridized carbons (Fsp3) is 0.357. The third-order valence-corrected chi connectivity index (χ3v) is 4.42. The molecule has 0 bridgehead atoms. The lowest BCUT2D eigenvalue weighted by Crippen LogP contribution is -2.16. The quantitative estimate of drug-likeness (QED) is 0.836. The van der Waals surface area contributed by atoms with Crippen molar-refractivity contribution in [3.63, 3.8) is 0 Å². The maximum Gasteiger partial charge on any atom is 0.201 e. The molecule has 0 aliphatic rings. The monoisotopic (exact) mass is 372 g/mol. The van der Waals surface area contributed by atoms with Crippen LogP contribution in [0.5, 0.6) is 5.75 Å². The van der Waals surface area contributed by atoms with E-state index in [0.717, 1.165) is 0 Å². The van der Waals surface area contributed by atoms with Crippen LogP contribution in [0.1, 0.15) is 19.4 Å². The normalized spacial score (nSPS) is 11.0. The van der Waals surface area contributed by atoms with Crippen LogP contribution in [0.3, 0.4) is 0 Å². The van der Waals surface area contributed by atoms with Crippen LogP contribution in [0, 0.1) is 15.4 Å². The van der Waals surface area contributed by atoms with Crippen molar-refractivity contribution in [1.29, 1.82) is 0 Å². The van der Waals surface area contributed by atoms with E-state index in [2.05, 4.69) is 0 Å². The second kappa shape index (κ2) is 6.50. The molecule has 1 aromatic carbocycles. The number of benzene rings is 1. The molecule has 5 nitrogen and oxygen atoms in total. The van der Waals surface area contributed by atoms with E-state index in [9.17, 15) is 4.39 Å². The van der Waals surface area contributed by atoms with Crippen molar-refractivity contribution in [3.05, 3.63) is 33.1 Å². The van der Waals surface area contributed by atoms with Crippen LogP contribution in [0.15, 0.2) is 12.1 Å². The standard InChI is InChI=1S/C14H17FN4OS3/c1-7(2)20-11-6-10(9(15)5-8(11)12(16)21)19-13(22)17(3)18(4)14(19)23/h5-7H,1-4H3,(H2,16,21). The highest BCUT2D eigenvalue weighted by molar-refractivity contribution is 7.80. The second-order valence-corrected chi connectivity index (χ2v) is 6.45. The molecule has 0 saturated carbocycles. The summed E-state index contributed by atoms with van der Waals surface area (Å²) in [6, 6.07) is 2.77. The Morgan fingerprint density at radius 2 is 1.70 bits per heavy atom. The van der Waals surface area contributed by atoms with Gasteiger partial charge in [-0.1, -0.05) is 12.2 Å². The van der Waals surface area contributed by atoms with Crippen LogP contribution in [0.25, 0.3) is 5.69 Å². The summed E-state index contributed by atoms with van der Waals surface area (Å²) >= 11 is 15.7. The van der Waals surface area contributed by atoms with E-state index in [4.69, 9.17) is 47.1 Å². The van der Waals surface area contributed by atoms with Crippen LogP contribution >= 0.6 is 36.7 Å². The van der Waals surface area contributed by atoms with Gasteiger partial charge in [-0.25, -0.2) is 4.39 Å². The summed E-state index contributed by atoms with van der Waals surface area (Å²) in [5.74, 6) is -0.135. The Bertz CT molecular complexity index is 861. The molecule has 0 unspecified atom stereocenters. The molecular formula is C14H17FN4OS3. The van der Waals surface area contributed by atoms with Crippen molar-refractivity contribution in [2.45, 2.75) is 20.0 Å². The van der Waals surface area contributed by atoms with E-state index in [1.165, 1.54) is 16.7 Å². The van der Waals surface area contributed by atoms with Crippen molar-refractivity contribution in [1.82, 2.24) is 13.9 Å². The van der Waals surface area contributed by atoms with Gasteiger partial charge in [-0.3, -0.25) is 13.9 Å². The summed E-state index contributed by atoms with van der Waals surface area (Å²) in [5.41, 5.74) is 6.21. The molecule has 0 saturated heterocycles. The Balaban J connectivity index is 2.79. The Morgan fingerprint density at radius 3 is 2.13 bits per heavy atom. The van der Waals surface area contributed by atoms with Gasteiger partial charge in [-0.15, -0.1) is 0 Å². The second-order valence-electron chi connectivity index (χ2n) is 5.28. The molecule has 0 amide bonds. The van der Waals surface area contributed by atoms with E-state index in [1.807, 2.05) is 13.8 Å². The fourth-order valence-electron chi connectivity index (χ4n) is 2.09. The molecule has 2 aromatic rings. The maximum atomic E-state index is 14.6. The van der Waals surface area contributed by atoms with Crippen molar-refractivity contribution in [2.24, 2.45) is 19.8 Å². The van der Waals surface area contributed by atoms with Gasteiger partial charge in [-0.2, -0.15) is 0 Å². The summed E-state index contributed by atoms with van der Waals surface area (Å²) in [6.07, 6.45) is -0.121. The van der Waals surface area contributed by atoms with Crippen LogP contribution in [-0.4, -0.2) is 25.0 Å². The SMILES string of the molecule is CC(C)Oc1cc(-n2c(=S)n(C)n(C)c2=S)c(F)cc1C(N)=S. The molecule has 0 fully saturated rings. The molecule has 23 heavy (non-hydrogen) atoms. The van der Waals surface area contributed by atoms with Crippen LogP contribution in [0.2, 0.25) is 0 Å². The van der Waals surface area contributed by atoms with E-state index < -0.39 is 5.82 Å². The molecule has 0 aliphatic carbocycles. The summed E-state index contributed by atoms with van der Waals surface area (Å²) < 4.78 is 25.8. The molecule has 124 valence electrons. The Hall–Kier alpha value is -1.58. The largest absolute Gasteiger partial charge is 0.490 e. The van der Waals surface area contributed by atoms with Gasteiger partial charge in [0.15, 0.2) is 0 Å². The zero-order valence-corrected chi connectivity index (χ0v) is 15.6. The summed E-state index contributed by atoms with van der Waals surface area (Å²) in [6.45, 7) is 3.72. The third-order valence-electron chi connectivity index (χ3n) is 3.30. The minimum absolute atomic E-state index is 0.0620. The van der Waals surface area contributed by atoms with Crippen molar-refractivity contribution < 1.29 is 9.13 Å². The van der Waals surface area contributed by atoms with Crippen LogP contribution < -0.4 is 10.5 Å². The molecule has 2 rings (SSSR count). The number of aromatic nitrogens is 3. The molecule has 0 aliphatic heterocycles. The number of nitrogens with two attached hydrogens (primary N) is 1. The number of nitrogens with zero attached hydrogens (tertiary/aromatic N) is 3. The Kier molecular flexibility index (Phi) is 5.02. The fourth-order valence-corrected chi connectivity index (χ4v) is 2.92. The highest BCUT2D eigenvalue weighted by Crippen LogP contribution is 2.27. The first-order valence-corrected chi connectivity index (χ1v) is 8.03. The van der Waals surface area contributed by atoms with Gasteiger partial charge in [-0.05, 0) is 44.3 Å². The number of hydrogen-bond donors (Lipinski definition) is 1. The lowest BCUT2D eigenvalue weighted by atomic mass is 10.1. The minimum Gasteiger partial charge on any atom is -0.490 e. The number of hydrogen-bond acceptors (Lipinski definition) is 4. The Labute approximate surface area is 149 Å². The molecule has 1 heterocycles. The zero-order chi connectivity index (χ0) is 17.5. The number of halogens is 1. The molecule has 2 N–H and O–H groups in total. The van der Waals surface area contributed by atoms with Gasteiger partial charge in [0.1, 0.15) is 16.6 Å². The van der Waals surface area contributed by atoms with Crippen molar-refractivity contribution >= 4 is 41.6 Å². The highest BCUT2D eigenvalue weighted by Gasteiger charge is 2.18. The van der Waals surface area contributed by atoms with Crippen molar-refractivity contribution in [2.75, 3.05) is 0 Å². The third kappa shape index (κ3) is 3.22. The summed E-state index contributed by atoms with van der Waals surface area (Å²) in [7, 11) is 3.50. The van der Waals surface area contributed by atoms with Gasteiger partial charge in [0.2, 0.25) is 9.54 Å². The van der Waals surface area contributed by atoms with E-state index in [0.29, 0.717) is 20.9 Å². The first-order valence-electron chi connectivity index (χ1n) is 6.80. The highest BCUT2D eigenvalue weighted by atomic mass is 32.1. The smallest absolute Gasteiger partial charge is 0.201 e. The predicted molar refractivity (Wildman–Crippen MR) is 97.0 cm³/mol. The maximum absolute atomic E-state index is 14.6. The van der Waals surface area contributed by atoms with Gasteiger partial charge >= 0.3 is 0 Å². The molecule has 9 heteroatoms. The summed E-state index contributed by atoms with van der Waals surface area (Å²) in [4.78, 5) is 0.0620. The molecule has 0 atom stereocenters. The van der Waals surface area contributed by atoms with Gasteiger partial charge in [0.25, 0.3) is 0 Å². The average molecular weight is 373 g/mol. The average Bonchev–Trinajstić information content (AvgIpc) is 2.64. The number of rotatable bonds is 4. The molecule has 0 spiro atoms.